The molecule has 3 N–H and O–H groups in total. The number of thiol groups is 1. The maximum absolute atomic E-state index is 6.28. The molecule has 0 bridgehead atoms. The Morgan fingerprint density at radius 1 is 1.83 bits per heavy atom. The molecule has 0 aliphatic heterocycles. The molecule has 0 aliphatic rings. The fourth-order valence-corrected chi connectivity index (χ4v) is 0. The van der Waals surface area contributed by atoms with Crippen molar-refractivity contribution >= 4 is 18.8 Å². The van der Waals surface area contributed by atoms with E-state index < -0.39 is 0 Å². The second kappa shape index (κ2) is 5.36. The van der Waals surface area contributed by atoms with Gasteiger partial charge in [0.2, 0.25) is 0 Å². The zero-order valence-electron chi connectivity index (χ0n) is 2.77. The van der Waals surface area contributed by atoms with Gasteiger partial charge in [-0.05, 0) is 0 Å². The van der Waals surface area contributed by atoms with E-state index in [0.717, 1.165) is 0 Å². The predicted octanol–water partition coefficient (Wildman–Crippen LogP) is 0.0959. The van der Waals surface area contributed by atoms with Crippen molar-refractivity contribution in [2.75, 3.05) is 0 Å². The summed E-state index contributed by atoms with van der Waals surface area (Å²) < 4.78 is 2.94. The molecule has 0 aromatic rings. The van der Waals surface area contributed by atoms with Gasteiger partial charge in [0, 0.05) is 5.96 Å². The molecule has 0 saturated heterocycles. The first kappa shape index (κ1) is 9.61. The third-order valence-electron chi connectivity index (χ3n) is 0.108. The van der Waals surface area contributed by atoms with Crippen LogP contribution in [0.4, 0.5) is 0 Å². The average Bonchev–Trinajstić information content (AvgIpc) is 1.38. The Hall–Kier alpha value is 0.360. The van der Waals surface area contributed by atoms with Crippen LogP contribution in [0.2, 0.25) is 0 Å². The molecule has 6 heavy (non-hydrogen) atoms. The Balaban J connectivity index is 0. The summed E-state index contributed by atoms with van der Waals surface area (Å²) in [5, 5.41) is 6.28. The summed E-state index contributed by atoms with van der Waals surface area (Å²) in [6, 6.07) is 0. The van der Waals surface area contributed by atoms with Crippen LogP contribution in [0.5, 0.6) is 0 Å². The molecule has 0 atom stereocenters. The first-order chi connectivity index (χ1) is 2.27. The van der Waals surface area contributed by atoms with Gasteiger partial charge in [0.25, 0.3) is 0 Å². The Labute approximate surface area is 57.2 Å². The summed E-state index contributed by atoms with van der Waals surface area (Å²) in [6.45, 7) is 0. The van der Waals surface area contributed by atoms with Gasteiger partial charge < -0.3 is 15.9 Å². The van der Waals surface area contributed by atoms with Gasteiger partial charge in [0.15, 0.2) is 0 Å². The number of guanidine groups is 1. The first-order valence-electron chi connectivity index (χ1n) is 0.962. The molecule has 0 heterocycles. The second-order valence-electron chi connectivity index (χ2n) is 0.485. The van der Waals surface area contributed by atoms with Crippen molar-refractivity contribution < 1.29 is 22.4 Å². The molecule has 0 unspecified atom stereocenters. The quantitative estimate of drug-likeness (QED) is 0.219. The molecule has 40 valence electrons. The summed E-state index contributed by atoms with van der Waals surface area (Å²) in [7, 11) is 0. The van der Waals surface area contributed by atoms with Gasteiger partial charge in [-0.2, -0.15) is 0 Å². The molecule has 0 fully saturated rings. The van der Waals surface area contributed by atoms with Crippen LogP contribution in [0.3, 0.4) is 0 Å². The normalized spacial score (nSPS) is 5.50. The van der Waals surface area contributed by atoms with Crippen molar-refractivity contribution in [2.45, 2.75) is 0 Å². The summed E-state index contributed by atoms with van der Waals surface area (Å²) in [5.74, 6) is -0.256. The molecule has 0 aromatic carbocycles. The number of nitrogens with one attached hydrogen (secondary N) is 1. The van der Waals surface area contributed by atoms with Crippen molar-refractivity contribution in [2.24, 2.45) is 5.73 Å². The molecule has 0 radical (unpaired) electrons. The topological polar surface area (TPSA) is 64.0 Å². The molecule has 3 nitrogen and oxygen atoms in total. The standard InChI is InChI=1S/CH4N3S.Ag/c2-1(3)4-5;/h(H4-,2,3,4,5);/q-1;+1. The predicted molar refractivity (Wildman–Crippen MR) is 24.3 cm³/mol. The number of hydrogen-bond donors (Lipinski definition) is 3. The van der Waals surface area contributed by atoms with E-state index in [-0.39, 0.29) is 28.3 Å². The molecule has 0 aliphatic carbocycles. The van der Waals surface area contributed by atoms with E-state index >= 15 is 0 Å². The Kier molecular flexibility index (Phi) is 8.59. The monoisotopic (exact) mass is 197 g/mol. The maximum atomic E-state index is 6.28. The summed E-state index contributed by atoms with van der Waals surface area (Å²) >= 11 is 3.29. The largest absolute Gasteiger partial charge is 1.00 e. The van der Waals surface area contributed by atoms with Crippen molar-refractivity contribution in [3.8, 4) is 0 Å². The Morgan fingerprint density at radius 2 is 2.00 bits per heavy atom. The van der Waals surface area contributed by atoms with E-state index in [1.807, 2.05) is 0 Å². The molecule has 0 saturated carbocycles. The Morgan fingerprint density at radius 3 is 2.00 bits per heavy atom. The van der Waals surface area contributed by atoms with Gasteiger partial charge in [-0.25, -0.2) is 0 Å². The molecular formula is CH4AgN3S. The Bertz CT molecular complexity index is 46.1. The molecule has 0 rings (SSSR count). The third-order valence-corrected chi connectivity index (χ3v) is 0.323. The number of nitrogens with zero attached hydrogens (tertiary/aromatic N) is 1. The zero-order chi connectivity index (χ0) is 4.28. The van der Waals surface area contributed by atoms with Crippen LogP contribution in [0.15, 0.2) is 0 Å². The zero-order valence-corrected chi connectivity index (χ0v) is 5.15. The summed E-state index contributed by atoms with van der Waals surface area (Å²) in [4.78, 5) is 0. The minimum Gasteiger partial charge on any atom is -0.453 e. The van der Waals surface area contributed by atoms with Gasteiger partial charge in [-0.15, -0.1) is 12.8 Å². The van der Waals surface area contributed by atoms with E-state index in [2.05, 4.69) is 23.3 Å². The van der Waals surface area contributed by atoms with Crippen LogP contribution in [0.25, 0.3) is 4.72 Å². The molecule has 0 aromatic heterocycles. The average molecular weight is 198 g/mol. The SMILES string of the molecule is N=C(N)[N-]S.[Ag+]. The maximum Gasteiger partial charge on any atom is 1.00 e. The molecule has 5 heteroatoms. The fraction of sp³-hybridized carbons (Fsp3) is 0. The van der Waals surface area contributed by atoms with Gasteiger partial charge in [-0.1, -0.05) is 0 Å². The fourth-order valence-electron chi connectivity index (χ4n) is 0. The van der Waals surface area contributed by atoms with Crippen LogP contribution in [0, 0.1) is 5.41 Å². The van der Waals surface area contributed by atoms with Crippen molar-refractivity contribution in [3.05, 3.63) is 4.72 Å². The van der Waals surface area contributed by atoms with Gasteiger partial charge >= 0.3 is 22.4 Å². The molecule has 0 amide bonds. The van der Waals surface area contributed by atoms with Crippen LogP contribution >= 0.6 is 12.8 Å². The number of rotatable bonds is 0. The van der Waals surface area contributed by atoms with Crippen molar-refractivity contribution in [1.29, 1.82) is 5.41 Å². The van der Waals surface area contributed by atoms with Gasteiger partial charge in [0.1, 0.15) is 0 Å². The smallest absolute Gasteiger partial charge is 0.453 e. The van der Waals surface area contributed by atoms with Crippen LogP contribution in [-0.4, -0.2) is 5.96 Å². The second-order valence-corrected chi connectivity index (χ2v) is 0.685. The minimum absolute atomic E-state index is 0. The van der Waals surface area contributed by atoms with Gasteiger partial charge in [0.05, 0.1) is 0 Å². The van der Waals surface area contributed by atoms with E-state index in [1.165, 1.54) is 0 Å². The van der Waals surface area contributed by atoms with Crippen molar-refractivity contribution in [3.63, 3.8) is 0 Å². The van der Waals surface area contributed by atoms with E-state index in [9.17, 15) is 0 Å². The van der Waals surface area contributed by atoms with Crippen molar-refractivity contribution in [1.82, 2.24) is 0 Å². The summed E-state index contributed by atoms with van der Waals surface area (Å²) in [5.41, 5.74) is 4.63. The van der Waals surface area contributed by atoms with Crippen LogP contribution < -0.4 is 5.73 Å². The molecular weight excluding hydrogens is 194 g/mol. The number of hydrogen-bond acceptors (Lipinski definition) is 2. The van der Waals surface area contributed by atoms with Crippen LogP contribution in [-0.2, 0) is 22.4 Å². The van der Waals surface area contributed by atoms with Crippen LogP contribution in [0.1, 0.15) is 0 Å². The van der Waals surface area contributed by atoms with Gasteiger partial charge in [-0.3, -0.25) is 0 Å². The van der Waals surface area contributed by atoms with E-state index in [1.54, 1.807) is 0 Å². The third kappa shape index (κ3) is 8.84. The first-order valence-corrected chi connectivity index (χ1v) is 1.36. The van der Waals surface area contributed by atoms with E-state index in [4.69, 9.17) is 5.41 Å². The number of nitrogens with two attached hydrogens (primary N) is 1. The molecule has 0 spiro atoms. The minimum atomic E-state index is -0.256. The summed E-state index contributed by atoms with van der Waals surface area (Å²) in [6.07, 6.45) is 0. The van der Waals surface area contributed by atoms with E-state index in [0.29, 0.717) is 0 Å².